The fraction of sp³-hybridized carbons (Fsp3) is 0.320. The van der Waals surface area contributed by atoms with E-state index in [9.17, 15) is 9.59 Å². The fourth-order valence-electron chi connectivity index (χ4n) is 3.96. The molecule has 0 fully saturated rings. The summed E-state index contributed by atoms with van der Waals surface area (Å²) >= 11 is 0. The van der Waals surface area contributed by atoms with E-state index in [2.05, 4.69) is 16.4 Å². The van der Waals surface area contributed by atoms with E-state index < -0.39 is 0 Å². The van der Waals surface area contributed by atoms with Crippen LogP contribution in [0.4, 0.5) is 0 Å². The van der Waals surface area contributed by atoms with E-state index in [4.69, 9.17) is 0 Å². The maximum Gasteiger partial charge on any atom is 0.265 e. The molecule has 4 rings (SSSR count). The summed E-state index contributed by atoms with van der Waals surface area (Å²) in [6.45, 7) is 2.95. The van der Waals surface area contributed by atoms with Crippen LogP contribution in [0.5, 0.6) is 0 Å². The van der Waals surface area contributed by atoms with E-state index in [-0.39, 0.29) is 17.0 Å². The number of amides is 1. The summed E-state index contributed by atoms with van der Waals surface area (Å²) in [4.78, 5) is 30.5. The van der Waals surface area contributed by atoms with Crippen LogP contribution in [0.25, 0.3) is 11.0 Å². The smallest absolute Gasteiger partial charge is 0.265 e. The quantitative estimate of drug-likeness (QED) is 0.624. The molecular formula is C25H27N3O2. The van der Waals surface area contributed by atoms with Crippen molar-refractivity contribution in [2.24, 2.45) is 0 Å². The Balaban J connectivity index is 1.60. The van der Waals surface area contributed by atoms with E-state index in [1.807, 2.05) is 43.3 Å². The van der Waals surface area contributed by atoms with Crippen LogP contribution in [0.15, 0.2) is 65.1 Å². The molecule has 1 amide bonds. The van der Waals surface area contributed by atoms with Crippen molar-refractivity contribution < 1.29 is 4.79 Å². The normalized spacial score (nSPS) is 13.8. The largest absolute Gasteiger partial charge is 0.352 e. The van der Waals surface area contributed by atoms with E-state index in [1.165, 1.54) is 18.4 Å². The van der Waals surface area contributed by atoms with Crippen molar-refractivity contribution in [3.8, 4) is 0 Å². The molecule has 0 unspecified atom stereocenters. The van der Waals surface area contributed by atoms with Crippen molar-refractivity contribution in [3.05, 3.63) is 87.4 Å². The molecule has 0 bridgehead atoms. The zero-order valence-corrected chi connectivity index (χ0v) is 17.4. The number of hydrogen-bond donors (Lipinski definition) is 1. The summed E-state index contributed by atoms with van der Waals surface area (Å²) in [5.74, 6) is -0.320. The van der Waals surface area contributed by atoms with Gasteiger partial charge < -0.3 is 5.32 Å². The van der Waals surface area contributed by atoms with Crippen LogP contribution in [0.1, 0.15) is 53.6 Å². The number of nitrogens with zero attached hydrogens (tertiary/aromatic N) is 2. The van der Waals surface area contributed by atoms with Gasteiger partial charge in [-0.15, -0.1) is 0 Å². The second kappa shape index (κ2) is 9.08. The number of benzene rings is 1. The van der Waals surface area contributed by atoms with E-state index >= 15 is 0 Å². The van der Waals surface area contributed by atoms with Gasteiger partial charge in [-0.2, -0.15) is 0 Å². The zero-order valence-electron chi connectivity index (χ0n) is 17.4. The van der Waals surface area contributed by atoms with Gasteiger partial charge in [0.1, 0.15) is 11.2 Å². The fourth-order valence-corrected chi connectivity index (χ4v) is 3.96. The molecule has 0 saturated heterocycles. The standard InChI is InChI=1S/C25H27N3O2/c1-18-9-11-20(12-10-18)17-28-23-21(8-5-14-26-23)16-22(25(28)30)24(29)27-15-13-19-6-3-2-4-7-19/h5-6,8-12,14,16H,2-4,7,13,15,17H2,1H3,(H,27,29). The molecule has 2 heterocycles. The lowest BCUT2D eigenvalue weighted by atomic mass is 9.97. The molecule has 1 N–H and O–H groups in total. The Kier molecular flexibility index (Phi) is 6.07. The van der Waals surface area contributed by atoms with Crippen molar-refractivity contribution in [1.29, 1.82) is 0 Å². The Labute approximate surface area is 176 Å². The second-order valence-corrected chi connectivity index (χ2v) is 7.97. The first-order valence-electron chi connectivity index (χ1n) is 10.6. The minimum atomic E-state index is -0.320. The topological polar surface area (TPSA) is 64.0 Å². The van der Waals surface area contributed by atoms with Crippen LogP contribution in [-0.2, 0) is 6.54 Å². The predicted octanol–water partition coefficient (Wildman–Crippen LogP) is 4.37. The number of hydrogen-bond acceptors (Lipinski definition) is 3. The Hall–Kier alpha value is -3.21. The molecule has 0 aliphatic heterocycles. The van der Waals surface area contributed by atoms with E-state index in [0.29, 0.717) is 18.7 Å². The van der Waals surface area contributed by atoms with Gasteiger partial charge in [-0.1, -0.05) is 41.5 Å². The highest BCUT2D eigenvalue weighted by Gasteiger charge is 2.16. The highest BCUT2D eigenvalue weighted by molar-refractivity contribution is 5.96. The SMILES string of the molecule is Cc1ccc(Cn2c(=O)c(C(=O)NCCC3=CCCCC3)cc3cccnc32)cc1. The molecule has 2 aromatic heterocycles. The molecule has 3 aromatic rings. The third-order valence-corrected chi connectivity index (χ3v) is 5.67. The number of allylic oxidation sites excluding steroid dienone is 1. The van der Waals surface area contributed by atoms with Gasteiger partial charge in [0.05, 0.1) is 6.54 Å². The number of aromatic nitrogens is 2. The average molecular weight is 402 g/mol. The Bertz CT molecular complexity index is 1140. The van der Waals surface area contributed by atoms with Crippen LogP contribution >= 0.6 is 0 Å². The predicted molar refractivity (Wildman–Crippen MR) is 120 cm³/mol. The summed E-state index contributed by atoms with van der Waals surface area (Å²) in [5.41, 5.74) is 4.01. The van der Waals surface area contributed by atoms with Gasteiger partial charge in [0.25, 0.3) is 11.5 Å². The van der Waals surface area contributed by atoms with Gasteiger partial charge in [0.15, 0.2) is 0 Å². The van der Waals surface area contributed by atoms with Crippen LogP contribution in [0, 0.1) is 6.92 Å². The van der Waals surface area contributed by atoms with Crippen LogP contribution in [-0.4, -0.2) is 22.0 Å². The summed E-state index contributed by atoms with van der Waals surface area (Å²) < 4.78 is 1.60. The number of pyridine rings is 2. The first-order valence-corrected chi connectivity index (χ1v) is 10.6. The summed E-state index contributed by atoms with van der Waals surface area (Å²) in [5, 5.41) is 3.72. The first-order chi connectivity index (χ1) is 14.6. The van der Waals surface area contributed by atoms with E-state index in [1.54, 1.807) is 16.8 Å². The molecule has 154 valence electrons. The molecule has 1 aromatic carbocycles. The average Bonchev–Trinajstić information content (AvgIpc) is 2.77. The van der Waals surface area contributed by atoms with Crippen molar-refractivity contribution in [2.75, 3.05) is 6.54 Å². The number of nitrogens with one attached hydrogen (secondary N) is 1. The maximum atomic E-state index is 13.2. The Morgan fingerprint density at radius 3 is 2.77 bits per heavy atom. The van der Waals surface area contributed by atoms with Gasteiger partial charge in [-0.3, -0.25) is 14.2 Å². The Morgan fingerprint density at radius 2 is 2.00 bits per heavy atom. The van der Waals surface area contributed by atoms with Gasteiger partial charge in [-0.05, 0) is 62.8 Å². The van der Waals surface area contributed by atoms with Crippen molar-refractivity contribution in [3.63, 3.8) is 0 Å². The summed E-state index contributed by atoms with van der Waals surface area (Å²) in [7, 11) is 0. The van der Waals surface area contributed by atoms with E-state index in [0.717, 1.165) is 35.8 Å². The molecule has 1 aliphatic rings. The second-order valence-electron chi connectivity index (χ2n) is 7.97. The van der Waals surface area contributed by atoms with Crippen molar-refractivity contribution in [2.45, 2.75) is 45.6 Å². The molecule has 5 heteroatoms. The number of fused-ring (bicyclic) bond motifs is 1. The van der Waals surface area contributed by atoms with Gasteiger partial charge >= 0.3 is 0 Å². The number of carbonyl (C=O) groups excluding carboxylic acids is 1. The van der Waals surface area contributed by atoms with Crippen molar-refractivity contribution >= 4 is 16.9 Å². The molecule has 5 nitrogen and oxygen atoms in total. The lowest BCUT2D eigenvalue weighted by Crippen LogP contribution is -2.34. The number of aryl methyl sites for hydroxylation is 1. The van der Waals surface area contributed by atoms with Gasteiger partial charge in [0, 0.05) is 18.1 Å². The molecule has 0 radical (unpaired) electrons. The molecule has 0 saturated carbocycles. The van der Waals surface area contributed by atoms with Crippen molar-refractivity contribution in [1.82, 2.24) is 14.9 Å². The monoisotopic (exact) mass is 401 g/mol. The highest BCUT2D eigenvalue weighted by atomic mass is 16.2. The van der Waals surface area contributed by atoms with Crippen LogP contribution in [0.3, 0.4) is 0 Å². The first kappa shape index (κ1) is 20.1. The zero-order chi connectivity index (χ0) is 20.9. The van der Waals surface area contributed by atoms with Gasteiger partial charge in [0.2, 0.25) is 0 Å². The molecular weight excluding hydrogens is 374 g/mol. The molecule has 0 spiro atoms. The summed E-state index contributed by atoms with van der Waals surface area (Å²) in [6, 6.07) is 13.4. The lowest BCUT2D eigenvalue weighted by Gasteiger charge is -2.14. The molecule has 30 heavy (non-hydrogen) atoms. The lowest BCUT2D eigenvalue weighted by molar-refractivity contribution is 0.0952. The van der Waals surface area contributed by atoms with Crippen LogP contribution in [0.2, 0.25) is 0 Å². The third kappa shape index (κ3) is 4.51. The number of carbonyl (C=O) groups is 1. The number of rotatable bonds is 6. The maximum absolute atomic E-state index is 13.2. The molecule has 0 atom stereocenters. The Morgan fingerprint density at radius 1 is 1.17 bits per heavy atom. The van der Waals surface area contributed by atoms with Crippen LogP contribution < -0.4 is 10.9 Å². The highest BCUT2D eigenvalue weighted by Crippen LogP contribution is 2.19. The van der Waals surface area contributed by atoms with Gasteiger partial charge in [-0.25, -0.2) is 4.98 Å². The third-order valence-electron chi connectivity index (χ3n) is 5.67. The minimum absolute atomic E-state index is 0.167. The molecule has 1 aliphatic carbocycles. The minimum Gasteiger partial charge on any atom is -0.352 e. The summed E-state index contributed by atoms with van der Waals surface area (Å²) in [6.07, 6.45) is 9.52.